The Hall–Kier alpha value is -5.44. The van der Waals surface area contributed by atoms with E-state index < -0.39 is 46.4 Å². The van der Waals surface area contributed by atoms with Crippen molar-refractivity contribution >= 4 is 17.6 Å². The van der Waals surface area contributed by atoms with Gasteiger partial charge in [0.05, 0.1) is 17.0 Å². The van der Waals surface area contributed by atoms with Crippen LogP contribution in [0.4, 0.5) is 0 Å². The van der Waals surface area contributed by atoms with Gasteiger partial charge in [-0.05, 0) is 71.3 Å². The molecule has 9 nitrogen and oxygen atoms in total. The summed E-state index contributed by atoms with van der Waals surface area (Å²) in [4.78, 5) is 28.0. The fourth-order valence-electron chi connectivity index (χ4n) is 4.94. The van der Waals surface area contributed by atoms with Crippen LogP contribution >= 0.6 is 0 Å². The number of ketones is 2. The summed E-state index contributed by atoms with van der Waals surface area (Å²) in [6.45, 7) is 0. The molecule has 4 aromatic carbocycles. The highest BCUT2D eigenvalue weighted by molar-refractivity contribution is 6.19. The van der Waals surface area contributed by atoms with Gasteiger partial charge in [0.1, 0.15) is 28.7 Å². The number of hydrogen-bond donors (Lipinski definition) is 7. The number of rotatable bonds is 5. The summed E-state index contributed by atoms with van der Waals surface area (Å²) in [5.74, 6) is -6.35. The molecule has 0 aromatic heterocycles. The Morgan fingerprint density at radius 3 is 1.69 bits per heavy atom. The van der Waals surface area contributed by atoms with Gasteiger partial charge in [-0.3, -0.25) is 9.59 Å². The first-order valence-corrected chi connectivity index (χ1v) is 11.7. The monoisotopic (exact) mass is 526 g/mol. The number of hydrogen-bond acceptors (Lipinski definition) is 9. The van der Waals surface area contributed by atoms with Crippen molar-refractivity contribution in [3.8, 4) is 40.2 Å². The maximum atomic E-state index is 14.1. The molecule has 0 amide bonds. The first-order chi connectivity index (χ1) is 18.5. The predicted molar refractivity (Wildman–Crippen MR) is 139 cm³/mol. The molecule has 0 unspecified atom stereocenters. The van der Waals surface area contributed by atoms with E-state index in [-0.39, 0.29) is 33.9 Å². The van der Waals surface area contributed by atoms with E-state index in [9.17, 15) is 45.3 Å². The fraction of sp³-hybridized carbons (Fsp3) is 0.0667. The average Bonchev–Trinajstić information content (AvgIpc) is 2.88. The number of carbonyl (C=O) groups excluding carboxylic acids is 2. The fourth-order valence-corrected chi connectivity index (χ4v) is 4.94. The van der Waals surface area contributed by atoms with Crippen molar-refractivity contribution in [2.75, 3.05) is 0 Å². The van der Waals surface area contributed by atoms with E-state index in [0.29, 0.717) is 16.7 Å². The first kappa shape index (κ1) is 25.2. The molecule has 0 saturated carbocycles. The number of carbonyl (C=O) groups is 2. The van der Waals surface area contributed by atoms with Gasteiger partial charge < -0.3 is 35.7 Å². The minimum absolute atomic E-state index is 0.0525. The maximum Gasteiger partial charge on any atom is 0.193 e. The molecule has 196 valence electrons. The van der Waals surface area contributed by atoms with Crippen LogP contribution in [-0.4, -0.2) is 47.3 Å². The summed E-state index contributed by atoms with van der Waals surface area (Å²) in [5.41, 5.74) is 0.639. The van der Waals surface area contributed by atoms with E-state index in [1.54, 1.807) is 0 Å². The number of phenolic OH excluding ortho intramolecular Hbond substituents is 7. The van der Waals surface area contributed by atoms with Gasteiger partial charge in [-0.25, -0.2) is 0 Å². The third kappa shape index (κ3) is 4.46. The second-order valence-corrected chi connectivity index (χ2v) is 9.21. The molecule has 0 spiro atoms. The van der Waals surface area contributed by atoms with E-state index in [1.807, 2.05) is 0 Å². The van der Waals surface area contributed by atoms with Gasteiger partial charge in [0.15, 0.2) is 23.1 Å². The van der Waals surface area contributed by atoms with Gasteiger partial charge in [-0.2, -0.15) is 0 Å². The van der Waals surface area contributed by atoms with Crippen LogP contribution in [0.3, 0.4) is 0 Å². The predicted octanol–water partition coefficient (Wildman–Crippen LogP) is 4.54. The van der Waals surface area contributed by atoms with Gasteiger partial charge in [0.2, 0.25) is 0 Å². The normalized spacial score (nSPS) is 16.3. The molecule has 9 heteroatoms. The SMILES string of the molecule is O=C(C1=Cc2cc(O)c(O)cc2[C@@H](c2ccc(O)cc2)[C@H]1C(=O)c1ccc(O)cc1O)c1ccc(O)cc1O. The summed E-state index contributed by atoms with van der Waals surface area (Å²) >= 11 is 0. The van der Waals surface area contributed by atoms with Crippen LogP contribution in [0.5, 0.6) is 40.2 Å². The molecule has 2 atom stereocenters. The van der Waals surface area contributed by atoms with Crippen LogP contribution in [0, 0.1) is 5.92 Å². The summed E-state index contributed by atoms with van der Waals surface area (Å²) in [6, 6.07) is 15.2. The number of phenols is 7. The number of allylic oxidation sites excluding steroid dienone is 1. The third-order valence-electron chi connectivity index (χ3n) is 6.76. The topological polar surface area (TPSA) is 176 Å². The van der Waals surface area contributed by atoms with Gasteiger partial charge >= 0.3 is 0 Å². The molecule has 1 aliphatic rings. The second-order valence-electron chi connectivity index (χ2n) is 9.21. The number of benzene rings is 4. The summed E-state index contributed by atoms with van der Waals surface area (Å²) in [7, 11) is 0. The van der Waals surface area contributed by atoms with Crippen molar-refractivity contribution in [2.24, 2.45) is 5.92 Å². The van der Waals surface area contributed by atoms with Crippen LogP contribution < -0.4 is 0 Å². The van der Waals surface area contributed by atoms with Crippen LogP contribution in [-0.2, 0) is 0 Å². The second kappa shape index (κ2) is 9.46. The Bertz CT molecular complexity index is 1670. The van der Waals surface area contributed by atoms with Crippen molar-refractivity contribution < 1.29 is 45.3 Å². The van der Waals surface area contributed by atoms with E-state index in [0.717, 1.165) is 12.1 Å². The lowest BCUT2D eigenvalue weighted by molar-refractivity contribution is 0.0893. The number of aromatic hydroxyl groups is 7. The average molecular weight is 526 g/mol. The van der Waals surface area contributed by atoms with Crippen LogP contribution in [0.15, 0.2) is 78.4 Å². The Kier molecular flexibility index (Phi) is 6.12. The lowest BCUT2D eigenvalue weighted by Gasteiger charge is -2.34. The molecule has 0 aliphatic heterocycles. The molecule has 0 fully saturated rings. The standard InChI is InChI=1S/C30H22O9/c31-16-3-1-14(2-4-16)27-21-13-26(37)25(36)10-15(21)9-22(29(38)19-7-5-17(32)11-23(19)34)28(27)30(39)20-8-6-18(33)12-24(20)35/h1-13,27-28,31-37H/t27-,28+/m1/s1. The molecule has 0 radical (unpaired) electrons. The Morgan fingerprint density at radius 2 is 1.10 bits per heavy atom. The van der Waals surface area contributed by atoms with E-state index >= 15 is 0 Å². The molecule has 7 N–H and O–H groups in total. The minimum atomic E-state index is -1.33. The van der Waals surface area contributed by atoms with Gasteiger partial charge in [0, 0.05) is 23.6 Å². The highest BCUT2D eigenvalue weighted by atomic mass is 16.3. The number of Topliss-reactive ketones (excluding diaryl/α,β-unsaturated/α-hetero) is 2. The Balaban J connectivity index is 1.80. The summed E-state index contributed by atoms with van der Waals surface area (Å²) in [5, 5.41) is 70.8. The lowest BCUT2D eigenvalue weighted by Crippen LogP contribution is -2.32. The van der Waals surface area contributed by atoms with E-state index in [1.165, 1.54) is 66.7 Å². The van der Waals surface area contributed by atoms with Crippen molar-refractivity contribution in [3.05, 3.63) is 106 Å². The third-order valence-corrected chi connectivity index (χ3v) is 6.76. The summed E-state index contributed by atoms with van der Waals surface area (Å²) < 4.78 is 0. The quantitative estimate of drug-likeness (QED) is 0.145. The van der Waals surface area contributed by atoms with Crippen molar-refractivity contribution in [1.29, 1.82) is 0 Å². The van der Waals surface area contributed by atoms with E-state index in [2.05, 4.69) is 0 Å². The zero-order valence-electron chi connectivity index (χ0n) is 20.1. The molecule has 1 aliphatic carbocycles. The minimum Gasteiger partial charge on any atom is -0.508 e. The molecular formula is C30H22O9. The molecule has 0 bridgehead atoms. The molecule has 4 aromatic rings. The van der Waals surface area contributed by atoms with Crippen LogP contribution in [0.25, 0.3) is 6.08 Å². The van der Waals surface area contributed by atoms with Gasteiger partial charge in [-0.15, -0.1) is 0 Å². The van der Waals surface area contributed by atoms with Crippen LogP contribution in [0.1, 0.15) is 43.3 Å². The zero-order valence-corrected chi connectivity index (χ0v) is 20.1. The molecular weight excluding hydrogens is 504 g/mol. The van der Waals surface area contributed by atoms with Gasteiger partial charge in [0.25, 0.3) is 0 Å². The Labute approximate surface area is 221 Å². The highest BCUT2D eigenvalue weighted by Gasteiger charge is 2.42. The smallest absolute Gasteiger partial charge is 0.193 e. The largest absolute Gasteiger partial charge is 0.508 e. The van der Waals surface area contributed by atoms with Crippen molar-refractivity contribution in [3.63, 3.8) is 0 Å². The van der Waals surface area contributed by atoms with E-state index in [4.69, 9.17) is 0 Å². The summed E-state index contributed by atoms with van der Waals surface area (Å²) in [6.07, 6.45) is 1.36. The van der Waals surface area contributed by atoms with Crippen molar-refractivity contribution in [2.45, 2.75) is 5.92 Å². The molecule has 5 rings (SSSR count). The zero-order chi connectivity index (χ0) is 28.0. The Morgan fingerprint density at radius 1 is 0.564 bits per heavy atom. The highest BCUT2D eigenvalue weighted by Crippen LogP contribution is 2.49. The van der Waals surface area contributed by atoms with Gasteiger partial charge in [-0.1, -0.05) is 12.1 Å². The maximum absolute atomic E-state index is 14.1. The molecule has 0 heterocycles. The first-order valence-electron chi connectivity index (χ1n) is 11.7. The van der Waals surface area contributed by atoms with Crippen molar-refractivity contribution in [1.82, 2.24) is 0 Å². The number of fused-ring (bicyclic) bond motifs is 1. The lowest BCUT2D eigenvalue weighted by atomic mass is 9.67. The molecule has 0 saturated heterocycles. The molecule has 39 heavy (non-hydrogen) atoms. The van der Waals surface area contributed by atoms with Crippen LogP contribution in [0.2, 0.25) is 0 Å².